The van der Waals surface area contributed by atoms with E-state index in [9.17, 15) is 4.79 Å². The fourth-order valence-electron chi connectivity index (χ4n) is 2.37. The Kier molecular flexibility index (Phi) is 7.14. The minimum atomic E-state index is -0.172. The molecule has 1 amide bonds. The van der Waals surface area contributed by atoms with Crippen molar-refractivity contribution in [2.45, 2.75) is 20.8 Å². The third-order valence-corrected chi connectivity index (χ3v) is 3.39. The topological polar surface area (TPSA) is 56.8 Å². The molecule has 0 aliphatic carbocycles. The van der Waals surface area contributed by atoms with Crippen molar-refractivity contribution in [1.29, 1.82) is 0 Å². The lowest BCUT2D eigenvalue weighted by Crippen LogP contribution is -2.32. The van der Waals surface area contributed by atoms with Crippen LogP contribution in [0.15, 0.2) is 42.5 Å². The van der Waals surface area contributed by atoms with E-state index in [-0.39, 0.29) is 12.5 Å². The Bertz CT molecular complexity index is 662. The van der Waals surface area contributed by atoms with Gasteiger partial charge in [0.2, 0.25) is 0 Å². The molecule has 0 saturated carbocycles. The van der Waals surface area contributed by atoms with E-state index in [1.807, 2.05) is 57.2 Å². The normalized spacial score (nSPS) is 10.2. The fourth-order valence-corrected chi connectivity index (χ4v) is 2.37. The molecular formula is C20H25NO4. The summed E-state index contributed by atoms with van der Waals surface area (Å²) in [4.78, 5) is 11.8. The summed E-state index contributed by atoms with van der Waals surface area (Å²) in [7, 11) is 0. The summed E-state index contributed by atoms with van der Waals surface area (Å²) in [6, 6.07) is 13.3. The van der Waals surface area contributed by atoms with Crippen molar-refractivity contribution in [3.63, 3.8) is 0 Å². The zero-order valence-corrected chi connectivity index (χ0v) is 15.0. The van der Waals surface area contributed by atoms with Crippen LogP contribution in [0.4, 0.5) is 0 Å². The third kappa shape index (κ3) is 6.75. The van der Waals surface area contributed by atoms with Crippen LogP contribution < -0.4 is 19.5 Å². The number of hydrogen-bond donors (Lipinski definition) is 1. The molecule has 0 saturated heterocycles. The molecule has 134 valence electrons. The monoisotopic (exact) mass is 343 g/mol. The molecule has 0 radical (unpaired) electrons. The van der Waals surface area contributed by atoms with E-state index >= 15 is 0 Å². The molecule has 0 aromatic heterocycles. The molecule has 0 fully saturated rings. The first-order valence-corrected chi connectivity index (χ1v) is 8.40. The number of nitrogens with one attached hydrogen (secondary N) is 1. The van der Waals surface area contributed by atoms with E-state index in [1.54, 1.807) is 0 Å². The van der Waals surface area contributed by atoms with E-state index in [0.717, 1.165) is 22.6 Å². The first-order chi connectivity index (χ1) is 12.1. The zero-order valence-electron chi connectivity index (χ0n) is 15.0. The Morgan fingerprint density at radius 3 is 2.08 bits per heavy atom. The Morgan fingerprint density at radius 2 is 1.48 bits per heavy atom. The molecule has 5 heteroatoms. The van der Waals surface area contributed by atoms with Gasteiger partial charge in [-0.25, -0.2) is 0 Å². The summed E-state index contributed by atoms with van der Waals surface area (Å²) in [5, 5.41) is 2.77. The highest BCUT2D eigenvalue weighted by Crippen LogP contribution is 2.17. The molecule has 0 atom stereocenters. The minimum absolute atomic E-state index is 0.00799. The lowest BCUT2D eigenvalue weighted by Gasteiger charge is -2.10. The van der Waals surface area contributed by atoms with Gasteiger partial charge in [-0.3, -0.25) is 4.79 Å². The van der Waals surface area contributed by atoms with Crippen molar-refractivity contribution >= 4 is 5.91 Å². The number of rotatable bonds is 9. The summed E-state index contributed by atoms with van der Waals surface area (Å²) in [5.74, 6) is 2.09. The minimum Gasteiger partial charge on any atom is -0.494 e. The van der Waals surface area contributed by atoms with Crippen LogP contribution in [0.2, 0.25) is 0 Å². The molecule has 0 unspecified atom stereocenters. The van der Waals surface area contributed by atoms with Crippen molar-refractivity contribution in [2.24, 2.45) is 0 Å². The number of ether oxygens (including phenoxy) is 3. The molecule has 0 heterocycles. The number of amides is 1. The third-order valence-electron chi connectivity index (χ3n) is 3.39. The van der Waals surface area contributed by atoms with Gasteiger partial charge in [-0.1, -0.05) is 6.07 Å². The van der Waals surface area contributed by atoms with E-state index in [0.29, 0.717) is 25.5 Å². The first-order valence-electron chi connectivity index (χ1n) is 8.40. The maximum Gasteiger partial charge on any atom is 0.258 e. The predicted molar refractivity (Wildman–Crippen MR) is 97.5 cm³/mol. The molecule has 2 rings (SSSR count). The molecule has 0 aliphatic heterocycles. The summed E-state index contributed by atoms with van der Waals surface area (Å²) >= 11 is 0. The van der Waals surface area contributed by atoms with E-state index < -0.39 is 0 Å². The molecule has 25 heavy (non-hydrogen) atoms. The van der Waals surface area contributed by atoms with Gasteiger partial charge in [0.1, 0.15) is 23.9 Å². The van der Waals surface area contributed by atoms with Crippen LogP contribution in [0.3, 0.4) is 0 Å². The Labute approximate surface area is 148 Å². The number of aryl methyl sites for hydroxylation is 2. The molecule has 5 nitrogen and oxygen atoms in total. The van der Waals surface area contributed by atoms with Crippen LogP contribution in [0.25, 0.3) is 0 Å². The number of hydrogen-bond acceptors (Lipinski definition) is 4. The van der Waals surface area contributed by atoms with E-state index in [2.05, 4.69) is 11.4 Å². The van der Waals surface area contributed by atoms with Crippen LogP contribution >= 0.6 is 0 Å². The second-order valence-corrected chi connectivity index (χ2v) is 5.71. The van der Waals surface area contributed by atoms with Gasteiger partial charge in [0.15, 0.2) is 6.61 Å². The van der Waals surface area contributed by atoms with Crippen molar-refractivity contribution in [1.82, 2.24) is 5.32 Å². The molecule has 2 aromatic carbocycles. The number of carbonyl (C=O) groups is 1. The van der Waals surface area contributed by atoms with Crippen LogP contribution in [0.5, 0.6) is 17.2 Å². The van der Waals surface area contributed by atoms with E-state index in [4.69, 9.17) is 14.2 Å². The van der Waals surface area contributed by atoms with Crippen molar-refractivity contribution in [3.05, 3.63) is 53.6 Å². The van der Waals surface area contributed by atoms with Gasteiger partial charge in [-0.05, 0) is 68.3 Å². The predicted octanol–water partition coefficient (Wildman–Crippen LogP) is 3.28. The number of carbonyl (C=O) groups excluding carboxylic acids is 1. The van der Waals surface area contributed by atoms with Crippen LogP contribution in [0.1, 0.15) is 18.1 Å². The van der Waals surface area contributed by atoms with Crippen LogP contribution in [-0.4, -0.2) is 32.3 Å². The molecule has 0 spiro atoms. The SMILES string of the molecule is CCOc1ccc(OCCNC(=O)COc2cc(C)cc(C)c2)cc1. The van der Waals surface area contributed by atoms with Gasteiger partial charge in [-0.2, -0.15) is 0 Å². The molecule has 0 bridgehead atoms. The lowest BCUT2D eigenvalue weighted by atomic mass is 10.1. The second-order valence-electron chi connectivity index (χ2n) is 5.71. The van der Waals surface area contributed by atoms with Gasteiger partial charge in [0, 0.05) is 0 Å². The average Bonchev–Trinajstić information content (AvgIpc) is 2.58. The molecule has 0 aliphatic rings. The zero-order chi connectivity index (χ0) is 18.1. The molecule has 1 N–H and O–H groups in total. The summed E-state index contributed by atoms with van der Waals surface area (Å²) in [6.07, 6.45) is 0. The molecule has 2 aromatic rings. The summed E-state index contributed by atoms with van der Waals surface area (Å²) < 4.78 is 16.5. The quantitative estimate of drug-likeness (QED) is 0.710. The highest BCUT2D eigenvalue weighted by Gasteiger charge is 2.04. The van der Waals surface area contributed by atoms with Gasteiger partial charge in [-0.15, -0.1) is 0 Å². The summed E-state index contributed by atoms with van der Waals surface area (Å²) in [6.45, 7) is 7.38. The van der Waals surface area contributed by atoms with Crippen molar-refractivity contribution in [3.8, 4) is 17.2 Å². The Morgan fingerprint density at radius 1 is 0.880 bits per heavy atom. The largest absolute Gasteiger partial charge is 0.494 e. The van der Waals surface area contributed by atoms with Crippen molar-refractivity contribution < 1.29 is 19.0 Å². The van der Waals surface area contributed by atoms with Crippen LogP contribution in [0, 0.1) is 13.8 Å². The fraction of sp³-hybridized carbons (Fsp3) is 0.350. The summed E-state index contributed by atoms with van der Waals surface area (Å²) in [5.41, 5.74) is 2.22. The first kappa shape index (κ1) is 18.6. The maximum absolute atomic E-state index is 11.8. The van der Waals surface area contributed by atoms with Crippen LogP contribution in [-0.2, 0) is 4.79 Å². The Balaban J connectivity index is 1.65. The van der Waals surface area contributed by atoms with Gasteiger partial charge >= 0.3 is 0 Å². The highest BCUT2D eigenvalue weighted by molar-refractivity contribution is 5.77. The van der Waals surface area contributed by atoms with Crippen molar-refractivity contribution in [2.75, 3.05) is 26.4 Å². The Hall–Kier alpha value is -2.69. The number of benzene rings is 2. The van der Waals surface area contributed by atoms with Gasteiger partial charge in [0.05, 0.1) is 13.2 Å². The molecular weight excluding hydrogens is 318 g/mol. The highest BCUT2D eigenvalue weighted by atomic mass is 16.5. The second kappa shape index (κ2) is 9.57. The van der Waals surface area contributed by atoms with E-state index in [1.165, 1.54) is 0 Å². The maximum atomic E-state index is 11.8. The lowest BCUT2D eigenvalue weighted by molar-refractivity contribution is -0.123. The standard InChI is InChI=1S/C20H25NO4/c1-4-23-17-5-7-18(8-6-17)24-10-9-21-20(22)14-25-19-12-15(2)11-16(3)13-19/h5-8,11-13H,4,9-10,14H2,1-3H3,(H,21,22). The van der Waals surface area contributed by atoms with Gasteiger partial charge in [0.25, 0.3) is 5.91 Å². The van der Waals surface area contributed by atoms with Gasteiger partial charge < -0.3 is 19.5 Å². The smallest absolute Gasteiger partial charge is 0.258 e. The average molecular weight is 343 g/mol.